The van der Waals surface area contributed by atoms with Gasteiger partial charge in [0.15, 0.2) is 5.78 Å². The smallest absolute Gasteiger partial charge is 0.229 e. The summed E-state index contributed by atoms with van der Waals surface area (Å²) >= 11 is 0. The number of nitrogens with zero attached hydrogens (tertiary/aromatic N) is 2. The summed E-state index contributed by atoms with van der Waals surface area (Å²) in [7, 11) is 0. The third kappa shape index (κ3) is 5.04. The molecule has 1 heterocycles. The lowest BCUT2D eigenvalue weighted by Crippen LogP contribution is -2.08. The van der Waals surface area contributed by atoms with Crippen molar-refractivity contribution in [2.75, 3.05) is 10.6 Å². The average molecular weight is 362 g/mol. The molecule has 138 valence electrons. The van der Waals surface area contributed by atoms with Crippen LogP contribution in [0.2, 0.25) is 0 Å². The molecule has 1 aromatic heterocycles. The summed E-state index contributed by atoms with van der Waals surface area (Å²) in [6.45, 7) is 5.51. The van der Waals surface area contributed by atoms with Crippen molar-refractivity contribution in [1.29, 1.82) is 0 Å². The van der Waals surface area contributed by atoms with Gasteiger partial charge in [0.05, 0.1) is 11.8 Å². The van der Waals surface area contributed by atoms with Gasteiger partial charge in [-0.25, -0.2) is 4.98 Å². The predicted molar refractivity (Wildman–Crippen MR) is 107 cm³/mol. The fraction of sp³-hybridized carbons (Fsp3) is 0.190. The van der Waals surface area contributed by atoms with E-state index in [1.54, 1.807) is 24.4 Å². The minimum absolute atomic E-state index is 0.0109. The maximum absolute atomic E-state index is 11.5. The van der Waals surface area contributed by atoms with E-state index in [9.17, 15) is 4.79 Å². The number of nitrogens with one attached hydrogen (secondary N) is 2. The van der Waals surface area contributed by atoms with Gasteiger partial charge in [-0.05, 0) is 51.1 Å². The molecule has 27 heavy (non-hydrogen) atoms. The summed E-state index contributed by atoms with van der Waals surface area (Å²) in [6, 6.07) is 16.7. The first kappa shape index (κ1) is 18.4. The van der Waals surface area contributed by atoms with E-state index in [2.05, 4.69) is 20.6 Å². The number of ketones is 1. The van der Waals surface area contributed by atoms with Crippen LogP contribution < -0.4 is 15.4 Å². The molecule has 0 saturated heterocycles. The Morgan fingerprint density at radius 3 is 2.63 bits per heavy atom. The van der Waals surface area contributed by atoms with Gasteiger partial charge in [0, 0.05) is 17.4 Å². The molecule has 0 aliphatic rings. The maximum Gasteiger partial charge on any atom is 0.229 e. The van der Waals surface area contributed by atoms with Gasteiger partial charge in [0.25, 0.3) is 0 Å². The Bertz CT molecular complexity index is 941. The minimum atomic E-state index is 0.0109. The summed E-state index contributed by atoms with van der Waals surface area (Å²) < 4.78 is 5.83. The fourth-order valence-electron chi connectivity index (χ4n) is 2.50. The number of hydrogen-bond donors (Lipinski definition) is 2. The molecule has 2 aromatic carbocycles. The van der Waals surface area contributed by atoms with E-state index >= 15 is 0 Å². The van der Waals surface area contributed by atoms with Crippen LogP contribution in [0.3, 0.4) is 0 Å². The van der Waals surface area contributed by atoms with Crippen molar-refractivity contribution in [3.8, 4) is 5.75 Å². The van der Waals surface area contributed by atoms with Crippen LogP contribution in [0.4, 0.5) is 23.1 Å². The van der Waals surface area contributed by atoms with E-state index in [1.807, 2.05) is 50.2 Å². The number of benzene rings is 2. The second-order valence-electron chi connectivity index (χ2n) is 6.32. The first-order chi connectivity index (χ1) is 13.0. The van der Waals surface area contributed by atoms with Gasteiger partial charge in [-0.2, -0.15) is 4.98 Å². The molecule has 3 rings (SSSR count). The normalized spacial score (nSPS) is 10.5. The highest BCUT2D eigenvalue weighted by atomic mass is 16.5. The van der Waals surface area contributed by atoms with E-state index in [-0.39, 0.29) is 11.9 Å². The van der Waals surface area contributed by atoms with Gasteiger partial charge in [0.1, 0.15) is 11.6 Å². The van der Waals surface area contributed by atoms with Crippen LogP contribution >= 0.6 is 0 Å². The number of Topliss-reactive ketones (excluding diaryl/α,β-unsaturated/α-hetero) is 1. The summed E-state index contributed by atoms with van der Waals surface area (Å²) in [5.74, 6) is 1.84. The van der Waals surface area contributed by atoms with Crippen molar-refractivity contribution in [2.45, 2.75) is 26.9 Å². The topological polar surface area (TPSA) is 76.1 Å². The molecule has 0 unspecified atom stereocenters. The van der Waals surface area contributed by atoms with Gasteiger partial charge in [-0.15, -0.1) is 0 Å². The fourth-order valence-corrected chi connectivity index (χ4v) is 2.50. The Labute approximate surface area is 158 Å². The highest BCUT2D eigenvalue weighted by Crippen LogP contribution is 2.28. The van der Waals surface area contributed by atoms with Gasteiger partial charge in [0.2, 0.25) is 5.95 Å². The molecule has 6 nitrogen and oxygen atoms in total. The summed E-state index contributed by atoms with van der Waals surface area (Å²) in [6.07, 6.45) is 1.74. The number of hydrogen-bond acceptors (Lipinski definition) is 6. The average Bonchev–Trinajstić information content (AvgIpc) is 2.63. The highest BCUT2D eigenvalue weighted by Gasteiger charge is 2.07. The third-order valence-electron chi connectivity index (χ3n) is 3.69. The highest BCUT2D eigenvalue weighted by molar-refractivity contribution is 5.95. The van der Waals surface area contributed by atoms with Crippen molar-refractivity contribution >= 4 is 28.9 Å². The predicted octanol–water partition coefficient (Wildman–Crippen LogP) is 4.95. The Balaban J connectivity index is 1.79. The summed E-state index contributed by atoms with van der Waals surface area (Å²) in [5, 5.41) is 6.39. The lowest BCUT2D eigenvalue weighted by atomic mass is 10.1. The number of anilines is 4. The quantitative estimate of drug-likeness (QED) is 0.579. The van der Waals surface area contributed by atoms with Crippen LogP contribution in [0.5, 0.6) is 5.75 Å². The molecule has 0 radical (unpaired) electrons. The first-order valence-corrected chi connectivity index (χ1v) is 8.75. The van der Waals surface area contributed by atoms with E-state index in [4.69, 9.17) is 4.74 Å². The molecule has 2 N–H and O–H groups in total. The number of aromatic nitrogens is 2. The largest absolute Gasteiger partial charge is 0.489 e. The number of para-hydroxylation sites is 2. The number of carbonyl (C=O) groups is 1. The zero-order valence-electron chi connectivity index (χ0n) is 15.6. The Kier molecular flexibility index (Phi) is 5.66. The molecule has 0 saturated carbocycles. The molecule has 0 amide bonds. The van der Waals surface area contributed by atoms with Crippen molar-refractivity contribution < 1.29 is 9.53 Å². The van der Waals surface area contributed by atoms with E-state index in [0.717, 1.165) is 17.1 Å². The van der Waals surface area contributed by atoms with Crippen molar-refractivity contribution in [2.24, 2.45) is 0 Å². The van der Waals surface area contributed by atoms with Crippen LogP contribution in [0.15, 0.2) is 60.8 Å². The third-order valence-corrected chi connectivity index (χ3v) is 3.69. The second-order valence-corrected chi connectivity index (χ2v) is 6.32. The van der Waals surface area contributed by atoms with E-state index in [1.165, 1.54) is 6.92 Å². The SMILES string of the molecule is CC(=O)c1cccc(Nc2nccc(Nc3ccccc3OC(C)C)n2)c1. The Hall–Kier alpha value is -3.41. The zero-order chi connectivity index (χ0) is 19.2. The first-order valence-electron chi connectivity index (χ1n) is 8.75. The van der Waals surface area contributed by atoms with Crippen molar-refractivity contribution in [1.82, 2.24) is 9.97 Å². The molecule has 3 aromatic rings. The number of rotatable bonds is 7. The van der Waals surface area contributed by atoms with Crippen LogP contribution in [0, 0.1) is 0 Å². The van der Waals surface area contributed by atoms with Crippen LogP contribution in [0.25, 0.3) is 0 Å². The number of carbonyl (C=O) groups excluding carboxylic acids is 1. The lowest BCUT2D eigenvalue weighted by molar-refractivity contribution is 0.101. The van der Waals surface area contributed by atoms with Crippen LogP contribution in [-0.4, -0.2) is 21.9 Å². The number of ether oxygens (including phenoxy) is 1. The van der Waals surface area contributed by atoms with Crippen LogP contribution in [-0.2, 0) is 0 Å². The molecule has 0 fully saturated rings. The van der Waals surface area contributed by atoms with Gasteiger partial charge < -0.3 is 15.4 Å². The molecule has 0 atom stereocenters. The lowest BCUT2D eigenvalue weighted by Gasteiger charge is -2.15. The molecular formula is C21H22N4O2. The zero-order valence-corrected chi connectivity index (χ0v) is 15.6. The maximum atomic E-state index is 11.5. The van der Waals surface area contributed by atoms with Crippen molar-refractivity contribution in [3.05, 3.63) is 66.4 Å². The molecule has 0 spiro atoms. The van der Waals surface area contributed by atoms with Gasteiger partial charge >= 0.3 is 0 Å². The van der Waals surface area contributed by atoms with Gasteiger partial charge in [-0.3, -0.25) is 4.79 Å². The van der Waals surface area contributed by atoms with E-state index < -0.39 is 0 Å². The molecule has 0 aliphatic heterocycles. The summed E-state index contributed by atoms with van der Waals surface area (Å²) in [4.78, 5) is 20.3. The Morgan fingerprint density at radius 2 is 1.85 bits per heavy atom. The van der Waals surface area contributed by atoms with Crippen LogP contribution in [0.1, 0.15) is 31.1 Å². The Morgan fingerprint density at radius 1 is 1.04 bits per heavy atom. The molecular weight excluding hydrogens is 340 g/mol. The summed E-state index contributed by atoms with van der Waals surface area (Å²) in [5.41, 5.74) is 2.21. The van der Waals surface area contributed by atoms with Crippen molar-refractivity contribution in [3.63, 3.8) is 0 Å². The minimum Gasteiger partial charge on any atom is -0.489 e. The standard InChI is InChI=1S/C21H22N4O2/c1-14(2)27-19-10-5-4-9-18(19)24-20-11-12-22-21(25-20)23-17-8-6-7-16(13-17)15(3)26/h4-14H,1-3H3,(H2,22,23,24,25). The molecule has 6 heteroatoms. The van der Waals surface area contributed by atoms with Gasteiger partial charge in [-0.1, -0.05) is 24.3 Å². The molecule has 0 bridgehead atoms. The second kappa shape index (κ2) is 8.31. The monoisotopic (exact) mass is 362 g/mol. The molecule has 0 aliphatic carbocycles. The van der Waals surface area contributed by atoms with E-state index in [0.29, 0.717) is 17.3 Å².